The van der Waals surface area contributed by atoms with E-state index in [1.54, 1.807) is 12.1 Å². The number of nitrogens with one attached hydrogen (secondary N) is 1. The molecule has 0 unspecified atom stereocenters. The second-order valence-corrected chi connectivity index (χ2v) is 11.6. The van der Waals surface area contributed by atoms with Crippen molar-refractivity contribution in [3.8, 4) is 5.75 Å². The molecule has 1 aromatic carbocycles. The van der Waals surface area contributed by atoms with Gasteiger partial charge in [-0.2, -0.15) is 0 Å². The first-order valence-corrected chi connectivity index (χ1v) is 14.4. The molecular formula is C30H42NO5P. The molecule has 0 saturated carbocycles. The molecule has 3 N–H and O–H groups in total. The number of carbonyl (C=O) groups is 1. The highest BCUT2D eigenvalue weighted by Crippen LogP contribution is 2.41. The van der Waals surface area contributed by atoms with Crippen molar-refractivity contribution < 1.29 is 23.7 Å². The average molecular weight is 528 g/mol. The highest BCUT2D eigenvalue weighted by Gasteiger charge is 2.26. The van der Waals surface area contributed by atoms with E-state index in [1.807, 2.05) is 32.1 Å². The van der Waals surface area contributed by atoms with Crippen LogP contribution in [0.25, 0.3) is 0 Å². The number of carbonyl (C=O) groups excluding carboxylic acids is 1. The summed E-state index contributed by atoms with van der Waals surface area (Å²) in [5.74, 6) is -0.154. The zero-order valence-corrected chi connectivity index (χ0v) is 23.9. The van der Waals surface area contributed by atoms with E-state index >= 15 is 0 Å². The zero-order valence-electron chi connectivity index (χ0n) is 23.0. The number of phosphoric acid groups is 1. The number of amides is 1. The molecule has 0 fully saturated rings. The van der Waals surface area contributed by atoms with Gasteiger partial charge in [-0.05, 0) is 93.2 Å². The van der Waals surface area contributed by atoms with Crippen molar-refractivity contribution in [2.45, 2.75) is 80.1 Å². The summed E-state index contributed by atoms with van der Waals surface area (Å²) in [6.07, 6.45) is 17.7. The van der Waals surface area contributed by atoms with Gasteiger partial charge in [-0.3, -0.25) is 14.6 Å². The van der Waals surface area contributed by atoms with Crippen molar-refractivity contribution in [3.63, 3.8) is 0 Å². The predicted octanol–water partition coefficient (Wildman–Crippen LogP) is 7.97. The first-order chi connectivity index (χ1) is 17.3. The zero-order chi connectivity index (χ0) is 27.6. The van der Waals surface area contributed by atoms with Crippen LogP contribution in [0.4, 0.5) is 5.69 Å². The van der Waals surface area contributed by atoms with Crippen LogP contribution in [-0.2, 0) is 15.8 Å². The average Bonchev–Trinajstić information content (AvgIpc) is 2.77. The Morgan fingerprint density at radius 1 is 1.19 bits per heavy atom. The minimum absolute atomic E-state index is 0.129. The number of aryl methyl sites for hydroxylation is 1. The van der Waals surface area contributed by atoms with Crippen molar-refractivity contribution >= 4 is 19.4 Å². The quantitative estimate of drug-likeness (QED) is 0.154. The van der Waals surface area contributed by atoms with Crippen LogP contribution in [0.3, 0.4) is 0 Å². The second-order valence-electron chi connectivity index (χ2n) is 10.4. The van der Waals surface area contributed by atoms with Crippen LogP contribution < -0.4 is 9.84 Å². The van der Waals surface area contributed by atoms with Crippen LogP contribution in [0.5, 0.6) is 5.75 Å². The van der Waals surface area contributed by atoms with E-state index in [0.717, 1.165) is 24.0 Å². The Kier molecular flexibility index (Phi) is 11.4. The van der Waals surface area contributed by atoms with E-state index in [1.165, 1.54) is 42.6 Å². The Labute approximate surface area is 222 Å². The van der Waals surface area contributed by atoms with Gasteiger partial charge in [0.2, 0.25) is 5.91 Å². The maximum atomic E-state index is 12.5. The van der Waals surface area contributed by atoms with Crippen LogP contribution >= 0.6 is 7.82 Å². The van der Waals surface area contributed by atoms with E-state index < -0.39 is 7.82 Å². The molecule has 1 amide bonds. The maximum absolute atomic E-state index is 12.5. The molecule has 0 atom stereocenters. The third kappa shape index (κ3) is 10.7. The highest BCUT2D eigenvalue weighted by atomic mass is 31.2. The molecule has 0 spiro atoms. The fraction of sp³-hybridized carbons (Fsp3) is 0.433. The van der Waals surface area contributed by atoms with Crippen molar-refractivity contribution in [1.82, 2.24) is 0 Å². The van der Waals surface area contributed by atoms with E-state index in [0.29, 0.717) is 17.7 Å². The normalized spacial score (nSPS) is 17.1. The predicted molar refractivity (Wildman–Crippen MR) is 152 cm³/mol. The van der Waals surface area contributed by atoms with Gasteiger partial charge >= 0.3 is 7.82 Å². The molecule has 6 nitrogen and oxygen atoms in total. The Hall–Kier alpha value is -2.66. The van der Waals surface area contributed by atoms with Gasteiger partial charge < -0.3 is 9.84 Å². The summed E-state index contributed by atoms with van der Waals surface area (Å²) in [5, 5.41) is 2.82. The first kappa shape index (κ1) is 30.6. The van der Waals surface area contributed by atoms with Gasteiger partial charge in [-0.15, -0.1) is 0 Å². The van der Waals surface area contributed by atoms with Crippen LogP contribution in [0.2, 0.25) is 0 Å². The fourth-order valence-electron chi connectivity index (χ4n) is 4.50. The van der Waals surface area contributed by atoms with Gasteiger partial charge in [0.25, 0.3) is 0 Å². The number of allylic oxidation sites excluding steroid dienone is 9. The van der Waals surface area contributed by atoms with E-state index in [-0.39, 0.29) is 17.1 Å². The molecule has 1 aliphatic carbocycles. The second kappa shape index (κ2) is 13.8. The molecule has 1 aliphatic rings. The number of phosphoric ester groups is 1. The van der Waals surface area contributed by atoms with Crippen LogP contribution in [0.1, 0.15) is 79.2 Å². The Bertz CT molecular complexity index is 1160. The van der Waals surface area contributed by atoms with Gasteiger partial charge in [-0.25, -0.2) is 4.57 Å². The largest absolute Gasteiger partial charge is 0.524 e. The van der Waals surface area contributed by atoms with E-state index in [2.05, 4.69) is 45.2 Å². The first-order valence-electron chi connectivity index (χ1n) is 12.9. The Morgan fingerprint density at radius 3 is 2.57 bits per heavy atom. The minimum Gasteiger partial charge on any atom is -0.404 e. The molecule has 1 aromatic rings. The Balaban J connectivity index is 2.04. The van der Waals surface area contributed by atoms with Crippen molar-refractivity contribution in [2.24, 2.45) is 5.41 Å². The molecular weight excluding hydrogens is 485 g/mol. The summed E-state index contributed by atoms with van der Waals surface area (Å²) in [6.45, 7) is 12.8. The number of hydrogen-bond donors (Lipinski definition) is 3. The van der Waals surface area contributed by atoms with Crippen LogP contribution in [0, 0.1) is 5.41 Å². The molecule has 0 aliphatic heterocycles. The standard InChI is InChI=1S/C30H42NO5P/c1-7-8-14-25-21-26(16-18-28(25)36-37(33,34)35)31-29(32)20-23(3)12-9-11-22(2)15-17-27-24(4)13-10-19-30(27,5)6/h9,11-12,15-18,20-21H,7-8,10,13-14,19H2,1-6H3,(H,31,32)(H2,33,34,35). The summed E-state index contributed by atoms with van der Waals surface area (Å²) < 4.78 is 16.1. The highest BCUT2D eigenvalue weighted by molar-refractivity contribution is 7.46. The summed E-state index contributed by atoms with van der Waals surface area (Å²) in [7, 11) is -4.66. The molecule has 7 heteroatoms. The molecule has 0 heterocycles. The molecule has 0 radical (unpaired) electrons. The van der Waals surface area contributed by atoms with Crippen molar-refractivity contribution in [2.75, 3.05) is 5.32 Å². The van der Waals surface area contributed by atoms with E-state index in [9.17, 15) is 9.36 Å². The number of hydrogen-bond acceptors (Lipinski definition) is 3. The molecule has 0 bridgehead atoms. The molecule has 0 aromatic heterocycles. The lowest BCUT2D eigenvalue weighted by Crippen LogP contribution is -2.19. The molecule has 202 valence electrons. The molecule has 2 rings (SSSR count). The number of benzene rings is 1. The number of rotatable bonds is 11. The molecule has 0 saturated heterocycles. The van der Waals surface area contributed by atoms with E-state index in [4.69, 9.17) is 14.3 Å². The van der Waals surface area contributed by atoms with Gasteiger partial charge in [0, 0.05) is 11.8 Å². The van der Waals surface area contributed by atoms with Gasteiger partial charge in [-0.1, -0.05) is 68.7 Å². The smallest absolute Gasteiger partial charge is 0.404 e. The lowest BCUT2D eigenvalue weighted by molar-refractivity contribution is -0.111. The lowest BCUT2D eigenvalue weighted by Gasteiger charge is -2.32. The lowest BCUT2D eigenvalue weighted by atomic mass is 9.72. The Morgan fingerprint density at radius 2 is 1.92 bits per heavy atom. The van der Waals surface area contributed by atoms with Crippen molar-refractivity contribution in [1.29, 1.82) is 0 Å². The SMILES string of the molecule is CCCCc1cc(NC(=O)C=C(C)C=CC=C(C)C=CC2=C(C)CCCC2(C)C)ccc1OP(=O)(O)O. The summed E-state index contributed by atoms with van der Waals surface area (Å²) in [6, 6.07) is 4.74. The fourth-order valence-corrected chi connectivity index (χ4v) is 4.94. The summed E-state index contributed by atoms with van der Waals surface area (Å²) >= 11 is 0. The monoisotopic (exact) mass is 527 g/mol. The third-order valence-corrected chi connectivity index (χ3v) is 6.91. The maximum Gasteiger partial charge on any atom is 0.524 e. The molecule has 37 heavy (non-hydrogen) atoms. The van der Waals surface area contributed by atoms with Gasteiger partial charge in [0.15, 0.2) is 0 Å². The number of unbranched alkanes of at least 4 members (excludes halogenated alkanes) is 1. The summed E-state index contributed by atoms with van der Waals surface area (Å²) in [4.78, 5) is 30.8. The van der Waals surface area contributed by atoms with Crippen LogP contribution in [-0.4, -0.2) is 15.7 Å². The number of anilines is 1. The van der Waals surface area contributed by atoms with Crippen molar-refractivity contribution in [3.05, 3.63) is 82.5 Å². The summed E-state index contributed by atoms with van der Waals surface area (Å²) in [5.41, 5.74) is 6.23. The minimum atomic E-state index is -4.66. The van der Waals surface area contributed by atoms with Gasteiger partial charge in [0.05, 0.1) is 0 Å². The topological polar surface area (TPSA) is 95.9 Å². The third-order valence-electron chi connectivity index (χ3n) is 6.48. The van der Waals surface area contributed by atoms with Crippen LogP contribution in [0.15, 0.2) is 76.9 Å². The van der Waals surface area contributed by atoms with Gasteiger partial charge in [0.1, 0.15) is 5.75 Å².